The molecule has 0 aliphatic carbocycles. The Morgan fingerprint density at radius 3 is 2.37 bits per heavy atom. The first-order valence-corrected chi connectivity index (χ1v) is 8.34. The number of hydrogen-bond donors (Lipinski definition) is 0. The maximum atomic E-state index is 12.5. The zero-order valence-corrected chi connectivity index (χ0v) is 12.6. The van der Waals surface area contributed by atoms with E-state index in [1.165, 1.54) is 4.31 Å². The minimum atomic E-state index is -3.42. The van der Waals surface area contributed by atoms with Crippen molar-refractivity contribution in [1.29, 1.82) is 0 Å². The van der Waals surface area contributed by atoms with Crippen LogP contribution >= 0.6 is 11.6 Å². The van der Waals surface area contributed by atoms with Crippen molar-refractivity contribution >= 4 is 27.5 Å². The summed E-state index contributed by atoms with van der Waals surface area (Å²) in [6.45, 7) is 1.10. The van der Waals surface area contributed by atoms with E-state index < -0.39 is 10.2 Å². The normalized spacial score (nSPS) is 18.4. The van der Waals surface area contributed by atoms with E-state index >= 15 is 0 Å². The molecule has 0 N–H and O–H groups in total. The van der Waals surface area contributed by atoms with E-state index in [-0.39, 0.29) is 0 Å². The van der Waals surface area contributed by atoms with Crippen LogP contribution in [0.3, 0.4) is 0 Å². The van der Waals surface area contributed by atoms with Crippen LogP contribution in [-0.2, 0) is 10.2 Å². The number of piperidine rings is 1. The van der Waals surface area contributed by atoms with Gasteiger partial charge in [0.2, 0.25) is 0 Å². The highest BCUT2D eigenvalue weighted by Gasteiger charge is 2.30. The number of alkyl halides is 1. The maximum Gasteiger partial charge on any atom is 0.303 e. The van der Waals surface area contributed by atoms with Gasteiger partial charge in [0.15, 0.2) is 0 Å². The van der Waals surface area contributed by atoms with Gasteiger partial charge in [0.25, 0.3) is 0 Å². The zero-order valence-electron chi connectivity index (χ0n) is 11.0. The summed E-state index contributed by atoms with van der Waals surface area (Å²) in [6, 6.07) is 9.13. The van der Waals surface area contributed by atoms with Crippen molar-refractivity contribution in [3.8, 4) is 0 Å². The van der Waals surface area contributed by atoms with Gasteiger partial charge in [-0.05, 0) is 30.9 Å². The second-order valence-corrected chi connectivity index (χ2v) is 7.08. The molecule has 0 bridgehead atoms. The van der Waals surface area contributed by atoms with E-state index in [9.17, 15) is 8.42 Å². The van der Waals surface area contributed by atoms with Gasteiger partial charge in [-0.25, -0.2) is 0 Å². The van der Waals surface area contributed by atoms with E-state index in [1.54, 1.807) is 23.5 Å². The van der Waals surface area contributed by atoms with E-state index in [0.29, 0.717) is 30.6 Å². The molecule has 1 fully saturated rings. The minimum absolute atomic E-state index is 0.440. The van der Waals surface area contributed by atoms with Crippen molar-refractivity contribution in [2.24, 2.45) is 5.92 Å². The summed E-state index contributed by atoms with van der Waals surface area (Å²) >= 11 is 5.82. The van der Waals surface area contributed by atoms with Gasteiger partial charge in [-0.3, -0.25) is 4.31 Å². The number of hydrogen-bond acceptors (Lipinski definition) is 2. The topological polar surface area (TPSA) is 40.6 Å². The Bertz CT molecular complexity index is 499. The highest BCUT2D eigenvalue weighted by atomic mass is 35.5. The first-order valence-electron chi connectivity index (χ1n) is 6.40. The predicted molar refractivity (Wildman–Crippen MR) is 78.8 cm³/mol. The molecule has 6 heteroatoms. The molecule has 0 radical (unpaired) electrons. The molecule has 1 heterocycles. The quantitative estimate of drug-likeness (QED) is 0.801. The SMILES string of the molecule is CN(c1ccccc1)S(=O)(=O)N1CCC(CCl)CC1. The van der Waals surface area contributed by atoms with Gasteiger partial charge in [0.1, 0.15) is 0 Å². The molecule has 1 aromatic carbocycles. The highest BCUT2D eigenvalue weighted by Crippen LogP contribution is 2.24. The lowest BCUT2D eigenvalue weighted by atomic mass is 10.0. The number of para-hydroxylation sites is 1. The minimum Gasteiger partial charge on any atom is -0.261 e. The molecule has 0 aromatic heterocycles. The second-order valence-electron chi connectivity index (χ2n) is 4.81. The molecule has 1 aliphatic heterocycles. The average molecular weight is 303 g/mol. The molecule has 0 spiro atoms. The summed E-state index contributed by atoms with van der Waals surface area (Å²) in [6.07, 6.45) is 1.68. The number of anilines is 1. The molecule has 0 unspecified atom stereocenters. The average Bonchev–Trinajstić information content (AvgIpc) is 2.47. The molecule has 0 amide bonds. The van der Waals surface area contributed by atoms with Crippen LogP contribution in [0.15, 0.2) is 30.3 Å². The fraction of sp³-hybridized carbons (Fsp3) is 0.538. The summed E-state index contributed by atoms with van der Waals surface area (Å²) in [5.41, 5.74) is 0.682. The van der Waals surface area contributed by atoms with E-state index in [0.717, 1.165) is 12.8 Å². The maximum absolute atomic E-state index is 12.5. The Kier molecular flexibility index (Phi) is 4.71. The molecule has 2 rings (SSSR count). The van der Waals surface area contributed by atoms with Gasteiger partial charge in [-0.1, -0.05) is 18.2 Å². The van der Waals surface area contributed by atoms with E-state index in [1.807, 2.05) is 18.2 Å². The van der Waals surface area contributed by atoms with Crippen LogP contribution < -0.4 is 4.31 Å². The van der Waals surface area contributed by atoms with E-state index in [4.69, 9.17) is 11.6 Å². The summed E-state index contributed by atoms with van der Waals surface area (Å²) in [5, 5.41) is 0. The number of halogens is 1. The van der Waals surface area contributed by atoms with Crippen LogP contribution in [0.4, 0.5) is 5.69 Å². The standard InChI is InChI=1S/C13H19ClN2O2S/c1-15(13-5-3-2-4-6-13)19(17,18)16-9-7-12(11-14)8-10-16/h2-6,12H,7-11H2,1H3. The lowest BCUT2D eigenvalue weighted by molar-refractivity contribution is 0.290. The molecule has 1 aliphatic rings. The third-order valence-corrected chi connectivity index (χ3v) is 5.94. The molecule has 4 nitrogen and oxygen atoms in total. The van der Waals surface area contributed by atoms with Crippen LogP contribution in [0.1, 0.15) is 12.8 Å². The van der Waals surface area contributed by atoms with Crippen molar-refractivity contribution < 1.29 is 8.42 Å². The summed E-state index contributed by atoms with van der Waals surface area (Å²) in [4.78, 5) is 0. The largest absolute Gasteiger partial charge is 0.303 e. The Morgan fingerprint density at radius 2 is 1.84 bits per heavy atom. The Hall–Kier alpha value is -0.780. The lowest BCUT2D eigenvalue weighted by Gasteiger charge is -2.33. The first kappa shape index (κ1) is 14.6. The molecule has 106 valence electrons. The second kappa shape index (κ2) is 6.11. The van der Waals surface area contributed by atoms with Crippen molar-refractivity contribution in [1.82, 2.24) is 4.31 Å². The Morgan fingerprint density at radius 1 is 1.26 bits per heavy atom. The number of nitrogens with zero attached hydrogens (tertiary/aromatic N) is 2. The Balaban J connectivity index is 2.11. The molecular formula is C13H19ClN2O2S. The smallest absolute Gasteiger partial charge is 0.261 e. The van der Waals surface area contributed by atoms with Gasteiger partial charge in [-0.2, -0.15) is 12.7 Å². The van der Waals surface area contributed by atoms with Crippen LogP contribution in [0.5, 0.6) is 0 Å². The monoisotopic (exact) mass is 302 g/mol. The predicted octanol–water partition coefficient (Wildman–Crippen LogP) is 2.32. The molecule has 0 saturated carbocycles. The van der Waals surface area contributed by atoms with Gasteiger partial charge in [0.05, 0.1) is 5.69 Å². The van der Waals surface area contributed by atoms with Crippen molar-refractivity contribution in [3.63, 3.8) is 0 Å². The van der Waals surface area contributed by atoms with Crippen LogP contribution in [0.25, 0.3) is 0 Å². The third kappa shape index (κ3) is 3.22. The third-order valence-electron chi connectivity index (χ3n) is 3.58. The molecule has 1 saturated heterocycles. The van der Waals surface area contributed by atoms with E-state index in [2.05, 4.69) is 0 Å². The lowest BCUT2D eigenvalue weighted by Crippen LogP contribution is -2.46. The molecular weight excluding hydrogens is 284 g/mol. The summed E-state index contributed by atoms with van der Waals surface area (Å²) in [7, 11) is -1.83. The molecule has 19 heavy (non-hydrogen) atoms. The first-order chi connectivity index (χ1) is 9.05. The van der Waals surface area contributed by atoms with Crippen LogP contribution in [0.2, 0.25) is 0 Å². The number of rotatable bonds is 4. The van der Waals surface area contributed by atoms with Gasteiger partial charge in [-0.15, -0.1) is 11.6 Å². The fourth-order valence-corrected chi connectivity index (χ4v) is 3.95. The van der Waals surface area contributed by atoms with Crippen molar-refractivity contribution in [2.75, 3.05) is 30.3 Å². The number of benzene rings is 1. The summed E-state index contributed by atoms with van der Waals surface area (Å²) in [5.74, 6) is 1.05. The highest BCUT2D eigenvalue weighted by molar-refractivity contribution is 7.90. The molecule has 0 atom stereocenters. The van der Waals surface area contributed by atoms with Crippen LogP contribution in [0, 0.1) is 5.92 Å². The molecule has 1 aromatic rings. The van der Waals surface area contributed by atoms with Gasteiger partial charge in [0, 0.05) is 26.0 Å². The van der Waals surface area contributed by atoms with Crippen LogP contribution in [-0.4, -0.2) is 38.7 Å². The summed E-state index contributed by atoms with van der Waals surface area (Å²) < 4.78 is 27.9. The van der Waals surface area contributed by atoms with Crippen molar-refractivity contribution in [2.45, 2.75) is 12.8 Å². The van der Waals surface area contributed by atoms with Crippen molar-refractivity contribution in [3.05, 3.63) is 30.3 Å². The Labute approximate surface area is 120 Å². The fourth-order valence-electron chi connectivity index (χ4n) is 2.24. The zero-order chi connectivity index (χ0) is 13.9. The van der Waals surface area contributed by atoms with Gasteiger partial charge < -0.3 is 0 Å². The van der Waals surface area contributed by atoms with Gasteiger partial charge >= 0.3 is 10.2 Å².